The zero-order valence-corrected chi connectivity index (χ0v) is 11.5. The highest BCUT2D eigenvalue weighted by molar-refractivity contribution is 5.68. The van der Waals surface area contributed by atoms with Gasteiger partial charge in [0.05, 0.1) is 22.8 Å². The van der Waals surface area contributed by atoms with E-state index in [1.807, 2.05) is 54.9 Å². The normalized spacial score (nSPS) is 10.7. The number of hydrogen-bond donors (Lipinski definition) is 1. The lowest BCUT2D eigenvalue weighted by atomic mass is 10.1. The Morgan fingerprint density at radius 2 is 1.80 bits per heavy atom. The van der Waals surface area contributed by atoms with Crippen LogP contribution in [0.25, 0.3) is 16.9 Å². The number of pyridine rings is 1. The van der Waals surface area contributed by atoms with Gasteiger partial charge in [-0.25, -0.2) is 4.68 Å². The number of nitrogens with two attached hydrogens (primary N) is 1. The predicted octanol–water partition coefficient (Wildman–Crippen LogP) is 3.13. The van der Waals surface area contributed by atoms with Gasteiger partial charge in [-0.05, 0) is 38.1 Å². The van der Waals surface area contributed by atoms with E-state index in [1.54, 1.807) is 12.3 Å². The van der Waals surface area contributed by atoms with Crippen molar-refractivity contribution in [3.05, 3.63) is 60.0 Å². The van der Waals surface area contributed by atoms with Gasteiger partial charge < -0.3 is 5.73 Å². The minimum absolute atomic E-state index is 0.710. The molecule has 3 rings (SSSR count). The smallest absolute Gasteiger partial charge is 0.0759 e. The number of nitrogens with zero attached hydrogens (tertiary/aromatic N) is 3. The molecule has 4 heteroatoms. The summed E-state index contributed by atoms with van der Waals surface area (Å²) in [6.07, 6.45) is 1.73. The third-order valence-corrected chi connectivity index (χ3v) is 3.33. The first kappa shape index (κ1) is 12.4. The number of hydrogen-bond acceptors (Lipinski definition) is 3. The van der Waals surface area contributed by atoms with Gasteiger partial charge in [-0.2, -0.15) is 5.10 Å². The second kappa shape index (κ2) is 4.81. The van der Waals surface area contributed by atoms with Gasteiger partial charge in [-0.15, -0.1) is 0 Å². The maximum absolute atomic E-state index is 5.85. The van der Waals surface area contributed by atoms with Crippen molar-refractivity contribution in [1.29, 1.82) is 0 Å². The van der Waals surface area contributed by atoms with Crippen LogP contribution in [0, 0.1) is 13.8 Å². The largest absolute Gasteiger partial charge is 0.399 e. The fourth-order valence-electron chi connectivity index (χ4n) is 2.42. The topological polar surface area (TPSA) is 56.7 Å². The Bertz CT molecular complexity index is 744. The molecule has 4 nitrogen and oxygen atoms in total. The molecule has 0 aliphatic rings. The maximum Gasteiger partial charge on any atom is 0.0759 e. The second-order valence-corrected chi connectivity index (χ2v) is 4.77. The number of para-hydroxylation sites is 1. The van der Waals surface area contributed by atoms with E-state index in [0.717, 1.165) is 28.3 Å². The summed E-state index contributed by atoms with van der Waals surface area (Å²) in [6.45, 7) is 4.04. The van der Waals surface area contributed by atoms with E-state index in [4.69, 9.17) is 5.73 Å². The third kappa shape index (κ3) is 2.05. The SMILES string of the molecule is Cc1nn(-c2ccccc2)c(C)c1-c1cc(N)ccn1. The van der Waals surface area contributed by atoms with E-state index < -0.39 is 0 Å². The summed E-state index contributed by atoms with van der Waals surface area (Å²) in [5.74, 6) is 0. The van der Waals surface area contributed by atoms with Crippen LogP contribution in [-0.2, 0) is 0 Å². The Kier molecular flexibility index (Phi) is 2.99. The van der Waals surface area contributed by atoms with Crippen LogP contribution in [-0.4, -0.2) is 14.8 Å². The third-order valence-electron chi connectivity index (χ3n) is 3.33. The standard InChI is InChI=1S/C16H16N4/c1-11-16(15-10-13(17)8-9-18-15)12(2)20(19-11)14-6-4-3-5-7-14/h3-10H,1-2H3,(H2,17,18). The lowest BCUT2D eigenvalue weighted by Crippen LogP contribution is -1.98. The number of nitrogen functional groups attached to an aromatic ring is 1. The monoisotopic (exact) mass is 264 g/mol. The van der Waals surface area contributed by atoms with Crippen molar-refractivity contribution in [2.45, 2.75) is 13.8 Å². The van der Waals surface area contributed by atoms with Gasteiger partial charge in [0, 0.05) is 17.4 Å². The molecule has 2 aromatic heterocycles. The molecule has 100 valence electrons. The number of rotatable bonds is 2. The van der Waals surface area contributed by atoms with Crippen LogP contribution >= 0.6 is 0 Å². The number of aromatic nitrogens is 3. The average molecular weight is 264 g/mol. The zero-order chi connectivity index (χ0) is 14.1. The van der Waals surface area contributed by atoms with Crippen LogP contribution in [0.1, 0.15) is 11.4 Å². The minimum atomic E-state index is 0.710. The highest BCUT2D eigenvalue weighted by Gasteiger charge is 2.15. The van der Waals surface area contributed by atoms with Crippen LogP contribution in [0.2, 0.25) is 0 Å². The summed E-state index contributed by atoms with van der Waals surface area (Å²) in [7, 11) is 0. The van der Waals surface area contributed by atoms with E-state index in [2.05, 4.69) is 10.1 Å². The molecule has 0 saturated heterocycles. The molecule has 0 radical (unpaired) electrons. The molecular weight excluding hydrogens is 248 g/mol. The van der Waals surface area contributed by atoms with E-state index >= 15 is 0 Å². The summed E-state index contributed by atoms with van der Waals surface area (Å²) >= 11 is 0. The van der Waals surface area contributed by atoms with Crippen LogP contribution in [0.3, 0.4) is 0 Å². The summed E-state index contributed by atoms with van der Waals surface area (Å²) in [4.78, 5) is 4.41. The molecule has 3 aromatic rings. The first-order valence-corrected chi connectivity index (χ1v) is 6.50. The van der Waals surface area contributed by atoms with Crippen molar-refractivity contribution in [3.8, 4) is 16.9 Å². The van der Waals surface area contributed by atoms with Crippen LogP contribution in [0.5, 0.6) is 0 Å². The van der Waals surface area contributed by atoms with E-state index in [0.29, 0.717) is 5.69 Å². The van der Waals surface area contributed by atoms with Gasteiger partial charge in [0.2, 0.25) is 0 Å². The van der Waals surface area contributed by atoms with Gasteiger partial charge in [0.15, 0.2) is 0 Å². The highest BCUT2D eigenvalue weighted by Crippen LogP contribution is 2.27. The molecule has 0 spiro atoms. The first-order valence-electron chi connectivity index (χ1n) is 6.50. The summed E-state index contributed by atoms with van der Waals surface area (Å²) in [5.41, 5.74) is 11.5. The Labute approximate surface area is 117 Å². The summed E-state index contributed by atoms with van der Waals surface area (Å²) < 4.78 is 1.94. The molecule has 0 bridgehead atoms. The molecule has 0 fully saturated rings. The number of benzene rings is 1. The summed E-state index contributed by atoms with van der Waals surface area (Å²) in [5, 5.41) is 4.62. The second-order valence-electron chi connectivity index (χ2n) is 4.77. The van der Waals surface area contributed by atoms with E-state index in [9.17, 15) is 0 Å². The van der Waals surface area contributed by atoms with Crippen LogP contribution in [0.15, 0.2) is 48.7 Å². The Balaban J connectivity index is 2.17. The van der Waals surface area contributed by atoms with Crippen molar-refractivity contribution in [2.75, 3.05) is 5.73 Å². The lowest BCUT2D eigenvalue weighted by Gasteiger charge is -2.05. The molecule has 0 atom stereocenters. The van der Waals surface area contributed by atoms with Gasteiger partial charge in [-0.1, -0.05) is 18.2 Å². The van der Waals surface area contributed by atoms with E-state index in [1.165, 1.54) is 0 Å². The fourth-order valence-corrected chi connectivity index (χ4v) is 2.42. The number of aryl methyl sites for hydroxylation is 1. The molecule has 0 unspecified atom stereocenters. The molecule has 0 aliphatic heterocycles. The van der Waals surface area contributed by atoms with Crippen LogP contribution < -0.4 is 5.73 Å². The van der Waals surface area contributed by atoms with Crippen molar-refractivity contribution in [1.82, 2.24) is 14.8 Å². The minimum Gasteiger partial charge on any atom is -0.399 e. The van der Waals surface area contributed by atoms with Crippen molar-refractivity contribution >= 4 is 5.69 Å². The predicted molar refractivity (Wildman–Crippen MR) is 80.7 cm³/mol. The molecule has 2 heterocycles. The summed E-state index contributed by atoms with van der Waals surface area (Å²) in [6, 6.07) is 13.7. The lowest BCUT2D eigenvalue weighted by molar-refractivity contribution is 0.834. The zero-order valence-electron chi connectivity index (χ0n) is 11.5. The molecule has 1 aromatic carbocycles. The van der Waals surface area contributed by atoms with Gasteiger partial charge >= 0.3 is 0 Å². The van der Waals surface area contributed by atoms with Crippen LogP contribution in [0.4, 0.5) is 5.69 Å². The average Bonchev–Trinajstić information content (AvgIpc) is 2.75. The first-order chi connectivity index (χ1) is 9.66. The molecule has 0 aliphatic carbocycles. The van der Waals surface area contributed by atoms with Gasteiger partial charge in [-0.3, -0.25) is 4.98 Å². The van der Waals surface area contributed by atoms with E-state index in [-0.39, 0.29) is 0 Å². The van der Waals surface area contributed by atoms with Gasteiger partial charge in [0.1, 0.15) is 0 Å². The van der Waals surface area contributed by atoms with Crippen molar-refractivity contribution < 1.29 is 0 Å². The van der Waals surface area contributed by atoms with Crippen molar-refractivity contribution in [3.63, 3.8) is 0 Å². The number of anilines is 1. The Morgan fingerprint density at radius 3 is 2.50 bits per heavy atom. The molecule has 0 amide bonds. The Morgan fingerprint density at radius 1 is 1.05 bits per heavy atom. The highest BCUT2D eigenvalue weighted by atomic mass is 15.3. The molecule has 2 N–H and O–H groups in total. The molecule has 20 heavy (non-hydrogen) atoms. The molecule has 0 saturated carbocycles. The van der Waals surface area contributed by atoms with Gasteiger partial charge in [0.25, 0.3) is 0 Å². The maximum atomic E-state index is 5.85. The fraction of sp³-hybridized carbons (Fsp3) is 0.125. The quantitative estimate of drug-likeness (QED) is 0.773. The van der Waals surface area contributed by atoms with Crippen molar-refractivity contribution in [2.24, 2.45) is 0 Å². The molecular formula is C16H16N4. The Hall–Kier alpha value is -2.62.